The maximum atomic E-state index is 10.6. The van der Waals surface area contributed by atoms with E-state index >= 15 is 0 Å². The second kappa shape index (κ2) is 3.64. The highest BCUT2D eigenvalue weighted by Gasteiger charge is 2.21. The van der Waals surface area contributed by atoms with E-state index in [0.29, 0.717) is 5.71 Å². The van der Waals surface area contributed by atoms with Crippen molar-refractivity contribution >= 4 is 11.6 Å². The van der Waals surface area contributed by atoms with Gasteiger partial charge in [-0.05, 0) is 24.3 Å². The molecule has 0 aromatic carbocycles. The summed E-state index contributed by atoms with van der Waals surface area (Å²) in [5.41, 5.74) is 0.509. The number of aliphatic imine (C=N–C) groups is 1. The molecule has 0 fully saturated rings. The van der Waals surface area contributed by atoms with Gasteiger partial charge in [-0.3, -0.25) is 4.79 Å². The number of hydrogen-bond acceptors (Lipinski definition) is 3. The second-order valence-corrected chi connectivity index (χ2v) is 2.68. The minimum Gasteiger partial charge on any atom is -0.359 e. The lowest BCUT2D eigenvalue weighted by Crippen LogP contribution is -2.27. The largest absolute Gasteiger partial charge is 0.359 e. The fourth-order valence-corrected chi connectivity index (χ4v) is 0.913. The number of allylic oxidation sites excluding steroid dienone is 2. The van der Waals surface area contributed by atoms with Crippen LogP contribution in [0.5, 0.6) is 0 Å². The average Bonchev–Trinajstić information content (AvgIpc) is 2.09. The summed E-state index contributed by atoms with van der Waals surface area (Å²) in [5, 5.41) is 9.50. The molecule has 13 heavy (non-hydrogen) atoms. The van der Waals surface area contributed by atoms with E-state index in [4.69, 9.17) is 4.74 Å². The molecule has 0 radical (unpaired) electrons. The first-order valence-corrected chi connectivity index (χ1v) is 3.81. The van der Waals surface area contributed by atoms with E-state index in [-0.39, 0.29) is 5.91 Å². The normalized spacial score (nSPS) is 26.2. The Morgan fingerprint density at radius 2 is 2.08 bits per heavy atom. The first-order valence-electron chi connectivity index (χ1n) is 3.81. The summed E-state index contributed by atoms with van der Waals surface area (Å²) in [4.78, 5) is 14.3. The Morgan fingerprint density at radius 3 is 2.46 bits per heavy atom. The Hall–Kier alpha value is -1.26. The number of carbonyl (C=O) groups excluding carboxylic acids is 1. The van der Waals surface area contributed by atoms with Crippen LogP contribution in [0.3, 0.4) is 0 Å². The van der Waals surface area contributed by atoms with Gasteiger partial charge in [-0.15, -0.1) is 0 Å². The van der Waals surface area contributed by atoms with Gasteiger partial charge in [0.15, 0.2) is 0 Å². The Bertz CT molecular complexity index is 286. The Balaban J connectivity index is 2.80. The van der Waals surface area contributed by atoms with E-state index in [0.717, 1.165) is 0 Å². The van der Waals surface area contributed by atoms with Gasteiger partial charge in [-0.1, -0.05) is 0 Å². The Kier molecular flexibility index (Phi) is 2.75. The number of ether oxygens (including phenoxy) is 1. The molecule has 0 atom stereocenters. The SMILES string of the molecule is COC1(O)C=CC(=NC(C)=O)C=C1. The topological polar surface area (TPSA) is 58.9 Å². The van der Waals surface area contributed by atoms with Crippen molar-refractivity contribution in [1.82, 2.24) is 0 Å². The molecule has 70 valence electrons. The van der Waals surface area contributed by atoms with Gasteiger partial charge in [0.2, 0.25) is 11.7 Å². The molecule has 0 heterocycles. The highest BCUT2D eigenvalue weighted by molar-refractivity contribution is 6.09. The lowest BCUT2D eigenvalue weighted by Gasteiger charge is -2.20. The van der Waals surface area contributed by atoms with Crippen LogP contribution in [0.2, 0.25) is 0 Å². The monoisotopic (exact) mass is 181 g/mol. The zero-order chi connectivity index (χ0) is 9.90. The molecule has 0 aliphatic heterocycles. The summed E-state index contributed by atoms with van der Waals surface area (Å²) < 4.78 is 4.77. The van der Waals surface area contributed by atoms with Gasteiger partial charge in [0.05, 0.1) is 5.71 Å². The third-order valence-electron chi connectivity index (χ3n) is 1.60. The minimum atomic E-state index is -1.37. The van der Waals surface area contributed by atoms with E-state index in [1.54, 1.807) is 0 Å². The first-order chi connectivity index (χ1) is 6.06. The van der Waals surface area contributed by atoms with E-state index < -0.39 is 5.79 Å². The third-order valence-corrected chi connectivity index (χ3v) is 1.60. The van der Waals surface area contributed by atoms with Crippen LogP contribution < -0.4 is 0 Å². The lowest BCUT2D eigenvalue weighted by atomic mass is 10.1. The van der Waals surface area contributed by atoms with Crippen molar-refractivity contribution in [3.63, 3.8) is 0 Å². The molecule has 4 heteroatoms. The van der Waals surface area contributed by atoms with Crippen LogP contribution >= 0.6 is 0 Å². The number of methoxy groups -OCH3 is 1. The molecule has 1 amide bonds. The molecule has 0 unspecified atom stereocenters. The molecule has 0 bridgehead atoms. The standard InChI is InChI=1S/C9H11NO3/c1-7(11)10-8-3-5-9(12,13-2)6-4-8/h3-6,12H,1-2H3. The highest BCUT2D eigenvalue weighted by Crippen LogP contribution is 2.14. The van der Waals surface area contributed by atoms with Crippen LogP contribution in [-0.4, -0.2) is 29.6 Å². The molecule has 1 N–H and O–H groups in total. The minimum absolute atomic E-state index is 0.271. The number of amides is 1. The fourth-order valence-electron chi connectivity index (χ4n) is 0.913. The van der Waals surface area contributed by atoms with Gasteiger partial charge < -0.3 is 9.84 Å². The third kappa shape index (κ3) is 2.61. The zero-order valence-electron chi connectivity index (χ0n) is 7.52. The maximum Gasteiger partial charge on any atom is 0.243 e. The molecule has 4 nitrogen and oxygen atoms in total. The van der Waals surface area contributed by atoms with E-state index in [1.165, 1.54) is 38.3 Å². The highest BCUT2D eigenvalue weighted by atomic mass is 16.6. The van der Waals surface area contributed by atoms with Crippen molar-refractivity contribution in [3.05, 3.63) is 24.3 Å². The van der Waals surface area contributed by atoms with Crippen LogP contribution in [-0.2, 0) is 9.53 Å². The van der Waals surface area contributed by atoms with Crippen molar-refractivity contribution in [1.29, 1.82) is 0 Å². The number of aliphatic hydroxyl groups is 1. The quantitative estimate of drug-likeness (QED) is 0.597. The van der Waals surface area contributed by atoms with Gasteiger partial charge in [0, 0.05) is 14.0 Å². The van der Waals surface area contributed by atoms with Gasteiger partial charge in [0.25, 0.3) is 0 Å². The molecule has 0 aromatic heterocycles. The summed E-state index contributed by atoms with van der Waals surface area (Å²) >= 11 is 0. The number of carbonyl (C=O) groups is 1. The van der Waals surface area contributed by atoms with Crippen molar-refractivity contribution in [2.75, 3.05) is 7.11 Å². The Labute approximate surface area is 76.2 Å². The lowest BCUT2D eigenvalue weighted by molar-refractivity contribution is -0.115. The van der Waals surface area contributed by atoms with Crippen molar-refractivity contribution in [3.8, 4) is 0 Å². The summed E-state index contributed by atoms with van der Waals surface area (Å²) in [5.74, 6) is -1.64. The molecular formula is C9H11NO3. The fraction of sp³-hybridized carbons (Fsp3) is 0.333. The molecule has 0 saturated heterocycles. The van der Waals surface area contributed by atoms with Crippen LogP contribution in [0.4, 0.5) is 0 Å². The molecule has 0 spiro atoms. The molecule has 1 aliphatic rings. The first kappa shape index (κ1) is 9.83. The van der Waals surface area contributed by atoms with Crippen LogP contribution in [0.15, 0.2) is 29.3 Å². The van der Waals surface area contributed by atoms with E-state index in [2.05, 4.69) is 4.99 Å². The Morgan fingerprint density at radius 1 is 1.54 bits per heavy atom. The molecule has 1 aliphatic carbocycles. The predicted molar refractivity (Wildman–Crippen MR) is 48.4 cm³/mol. The van der Waals surface area contributed by atoms with Gasteiger partial charge in [0.1, 0.15) is 0 Å². The zero-order valence-corrected chi connectivity index (χ0v) is 7.52. The van der Waals surface area contributed by atoms with Crippen molar-refractivity contribution in [2.24, 2.45) is 4.99 Å². The molecular weight excluding hydrogens is 170 g/mol. The van der Waals surface area contributed by atoms with E-state index in [1.807, 2.05) is 0 Å². The number of rotatable bonds is 1. The average molecular weight is 181 g/mol. The van der Waals surface area contributed by atoms with Crippen molar-refractivity contribution < 1.29 is 14.6 Å². The van der Waals surface area contributed by atoms with Gasteiger partial charge >= 0.3 is 0 Å². The summed E-state index contributed by atoms with van der Waals surface area (Å²) in [6.07, 6.45) is 5.92. The maximum absolute atomic E-state index is 10.6. The summed E-state index contributed by atoms with van der Waals surface area (Å²) in [6, 6.07) is 0. The molecule has 0 aromatic rings. The van der Waals surface area contributed by atoms with Gasteiger partial charge in [-0.2, -0.15) is 0 Å². The summed E-state index contributed by atoms with van der Waals surface area (Å²) in [6.45, 7) is 1.37. The van der Waals surface area contributed by atoms with E-state index in [9.17, 15) is 9.90 Å². The molecule has 0 saturated carbocycles. The number of hydrogen-bond donors (Lipinski definition) is 1. The predicted octanol–water partition coefficient (Wildman–Crippen LogP) is 0.435. The molecule has 1 rings (SSSR count). The van der Waals surface area contributed by atoms with Gasteiger partial charge in [-0.25, -0.2) is 4.99 Å². The van der Waals surface area contributed by atoms with Crippen LogP contribution in [0.25, 0.3) is 0 Å². The van der Waals surface area contributed by atoms with Crippen molar-refractivity contribution in [2.45, 2.75) is 12.7 Å². The summed E-state index contributed by atoms with van der Waals surface area (Å²) in [7, 11) is 1.39. The number of nitrogens with zero attached hydrogens (tertiary/aromatic N) is 1. The second-order valence-electron chi connectivity index (χ2n) is 2.68. The van der Waals surface area contributed by atoms with Crippen LogP contribution in [0, 0.1) is 0 Å². The smallest absolute Gasteiger partial charge is 0.243 e. The van der Waals surface area contributed by atoms with Crippen LogP contribution in [0.1, 0.15) is 6.92 Å².